The van der Waals surface area contributed by atoms with E-state index in [1.807, 2.05) is 30.3 Å². The van der Waals surface area contributed by atoms with Crippen molar-refractivity contribution in [2.75, 3.05) is 5.75 Å². The molecule has 2 rings (SSSR count). The lowest BCUT2D eigenvalue weighted by Gasteiger charge is -2.21. The molecule has 1 N–H and O–H groups in total. The van der Waals surface area contributed by atoms with Crippen LogP contribution in [0.2, 0.25) is 0 Å². The van der Waals surface area contributed by atoms with Crippen molar-refractivity contribution in [2.45, 2.75) is 31.1 Å². The lowest BCUT2D eigenvalue weighted by atomic mass is 10.2. The molecular formula is C13H17NO4S. The lowest BCUT2D eigenvalue weighted by Crippen LogP contribution is -2.42. The first-order valence-electron chi connectivity index (χ1n) is 6.27. The fourth-order valence-corrected chi connectivity index (χ4v) is 3.87. The first-order valence-corrected chi connectivity index (χ1v) is 7.98. The number of carbonyl (C=O) groups is 1. The van der Waals surface area contributed by atoms with Gasteiger partial charge in [0.2, 0.25) is 0 Å². The Labute approximate surface area is 112 Å². The Balaban J connectivity index is 1.84. The average molecular weight is 283 g/mol. The lowest BCUT2D eigenvalue weighted by molar-refractivity contribution is -0.134. The molecule has 1 saturated heterocycles. The molecule has 0 aromatic heterocycles. The van der Waals surface area contributed by atoms with Gasteiger partial charge in [0.25, 0.3) is 5.91 Å². The van der Waals surface area contributed by atoms with Gasteiger partial charge in [-0.3, -0.25) is 9.63 Å². The number of nitrogens with one attached hydrogen (secondary N) is 1. The second-order valence-corrected chi connectivity index (χ2v) is 6.89. The third-order valence-corrected chi connectivity index (χ3v) is 5.30. The highest BCUT2D eigenvalue weighted by Gasteiger charge is 2.34. The van der Waals surface area contributed by atoms with Crippen LogP contribution >= 0.6 is 0 Å². The van der Waals surface area contributed by atoms with Crippen LogP contribution < -0.4 is 5.48 Å². The normalized spacial score (nSPS) is 21.8. The Bertz CT molecular complexity index is 527. The smallest absolute Gasteiger partial charge is 0.261 e. The number of hydroxylamine groups is 1. The molecule has 1 fully saturated rings. The average Bonchev–Trinajstić information content (AvgIpc) is 2.39. The van der Waals surface area contributed by atoms with Crippen LogP contribution in [0.1, 0.15) is 24.8 Å². The van der Waals surface area contributed by atoms with E-state index in [4.69, 9.17) is 4.84 Å². The SMILES string of the molecule is O=C(NOCc1ccccc1)C1CCCCS1(=O)=O. The molecule has 1 aliphatic heterocycles. The molecule has 19 heavy (non-hydrogen) atoms. The summed E-state index contributed by atoms with van der Waals surface area (Å²) in [4.78, 5) is 16.9. The predicted molar refractivity (Wildman–Crippen MR) is 70.8 cm³/mol. The van der Waals surface area contributed by atoms with Crippen LogP contribution in [0.25, 0.3) is 0 Å². The molecule has 0 bridgehead atoms. The van der Waals surface area contributed by atoms with Crippen molar-refractivity contribution in [3.05, 3.63) is 35.9 Å². The molecule has 1 atom stereocenters. The first-order chi connectivity index (χ1) is 9.09. The quantitative estimate of drug-likeness (QED) is 0.843. The zero-order valence-corrected chi connectivity index (χ0v) is 11.4. The minimum absolute atomic E-state index is 0.0871. The highest BCUT2D eigenvalue weighted by molar-refractivity contribution is 7.92. The molecule has 1 heterocycles. The summed E-state index contributed by atoms with van der Waals surface area (Å²) in [6.45, 7) is 0.222. The van der Waals surface area contributed by atoms with Crippen LogP contribution in [-0.4, -0.2) is 25.3 Å². The molecule has 0 saturated carbocycles. The number of hydrogen-bond acceptors (Lipinski definition) is 4. The van der Waals surface area contributed by atoms with Gasteiger partial charge in [-0.1, -0.05) is 36.8 Å². The molecule has 1 aromatic rings. The van der Waals surface area contributed by atoms with Crippen LogP contribution in [0.4, 0.5) is 0 Å². The minimum Gasteiger partial charge on any atom is -0.271 e. The van der Waals surface area contributed by atoms with E-state index in [0.29, 0.717) is 12.8 Å². The van der Waals surface area contributed by atoms with Crippen LogP contribution in [-0.2, 0) is 26.1 Å². The maximum Gasteiger partial charge on any atom is 0.261 e. The highest BCUT2D eigenvalue weighted by atomic mass is 32.2. The third-order valence-electron chi connectivity index (χ3n) is 3.13. The number of carbonyl (C=O) groups excluding carboxylic acids is 1. The third kappa shape index (κ3) is 3.78. The van der Waals surface area contributed by atoms with Crippen LogP contribution in [0, 0.1) is 0 Å². The Morgan fingerprint density at radius 2 is 2.00 bits per heavy atom. The van der Waals surface area contributed by atoms with Gasteiger partial charge in [-0.15, -0.1) is 0 Å². The first kappa shape index (κ1) is 14.0. The summed E-state index contributed by atoms with van der Waals surface area (Å²) in [6.07, 6.45) is 1.77. The largest absolute Gasteiger partial charge is 0.271 e. The van der Waals surface area contributed by atoms with Crippen molar-refractivity contribution >= 4 is 15.7 Å². The molecule has 1 amide bonds. The molecule has 104 valence electrons. The molecule has 1 aliphatic rings. The van der Waals surface area contributed by atoms with Gasteiger partial charge >= 0.3 is 0 Å². The van der Waals surface area contributed by atoms with Gasteiger partial charge in [0.15, 0.2) is 9.84 Å². The second-order valence-electron chi connectivity index (χ2n) is 4.59. The van der Waals surface area contributed by atoms with Gasteiger partial charge in [0, 0.05) is 0 Å². The van der Waals surface area contributed by atoms with Crippen molar-refractivity contribution < 1.29 is 18.0 Å². The summed E-state index contributed by atoms with van der Waals surface area (Å²) < 4.78 is 23.5. The predicted octanol–water partition coefficient (Wildman–Crippen LogP) is 1.20. The molecule has 6 heteroatoms. The molecule has 5 nitrogen and oxygen atoms in total. The summed E-state index contributed by atoms with van der Waals surface area (Å²) in [7, 11) is -3.31. The van der Waals surface area contributed by atoms with E-state index in [9.17, 15) is 13.2 Å². The van der Waals surface area contributed by atoms with E-state index in [1.165, 1.54) is 0 Å². The summed E-state index contributed by atoms with van der Waals surface area (Å²) >= 11 is 0. The Kier molecular flexibility index (Phi) is 4.55. The summed E-state index contributed by atoms with van der Waals surface area (Å²) in [6, 6.07) is 9.35. The zero-order chi connectivity index (χ0) is 13.7. The maximum absolute atomic E-state index is 11.8. The number of amides is 1. The zero-order valence-electron chi connectivity index (χ0n) is 10.5. The van der Waals surface area contributed by atoms with E-state index in [2.05, 4.69) is 5.48 Å². The van der Waals surface area contributed by atoms with Gasteiger partial charge in [0.1, 0.15) is 5.25 Å². The monoisotopic (exact) mass is 283 g/mol. The van der Waals surface area contributed by atoms with Gasteiger partial charge in [-0.2, -0.15) is 0 Å². The second kappa shape index (κ2) is 6.16. The van der Waals surface area contributed by atoms with Gasteiger partial charge in [-0.05, 0) is 18.4 Å². The van der Waals surface area contributed by atoms with Crippen molar-refractivity contribution in [1.29, 1.82) is 0 Å². The molecular weight excluding hydrogens is 266 g/mol. The minimum atomic E-state index is -3.31. The van der Waals surface area contributed by atoms with Crippen LogP contribution in [0.5, 0.6) is 0 Å². The maximum atomic E-state index is 11.8. The van der Waals surface area contributed by atoms with Crippen molar-refractivity contribution in [1.82, 2.24) is 5.48 Å². The summed E-state index contributed by atoms with van der Waals surface area (Å²) in [5.41, 5.74) is 3.15. The topological polar surface area (TPSA) is 72.5 Å². The standard InChI is InChI=1S/C13H17NO4S/c15-13(12-8-4-5-9-19(12,16)17)14-18-10-11-6-2-1-3-7-11/h1-3,6-7,12H,4-5,8-10H2,(H,14,15). The number of hydrogen-bond donors (Lipinski definition) is 1. The van der Waals surface area contributed by atoms with Gasteiger partial charge in [-0.25, -0.2) is 13.9 Å². The summed E-state index contributed by atoms with van der Waals surface area (Å²) in [5, 5.41) is -0.961. The fraction of sp³-hybridized carbons (Fsp3) is 0.462. The Morgan fingerprint density at radius 1 is 1.26 bits per heavy atom. The van der Waals surface area contributed by atoms with Crippen molar-refractivity contribution in [3.63, 3.8) is 0 Å². The van der Waals surface area contributed by atoms with Gasteiger partial charge in [0.05, 0.1) is 12.4 Å². The van der Waals surface area contributed by atoms with Crippen molar-refractivity contribution in [3.8, 4) is 0 Å². The van der Waals surface area contributed by atoms with Crippen LogP contribution in [0.3, 0.4) is 0 Å². The van der Waals surface area contributed by atoms with E-state index < -0.39 is 21.0 Å². The molecule has 1 unspecified atom stereocenters. The van der Waals surface area contributed by atoms with E-state index in [1.54, 1.807) is 0 Å². The number of benzene rings is 1. The number of sulfone groups is 1. The van der Waals surface area contributed by atoms with E-state index in [0.717, 1.165) is 12.0 Å². The molecule has 0 aliphatic carbocycles. The molecule has 0 radical (unpaired) electrons. The molecule has 1 aromatic carbocycles. The Morgan fingerprint density at radius 3 is 2.68 bits per heavy atom. The number of rotatable bonds is 4. The van der Waals surface area contributed by atoms with Crippen molar-refractivity contribution in [2.24, 2.45) is 0 Å². The summed E-state index contributed by atoms with van der Waals surface area (Å²) in [5.74, 6) is -0.473. The van der Waals surface area contributed by atoms with E-state index in [-0.39, 0.29) is 12.4 Å². The highest BCUT2D eigenvalue weighted by Crippen LogP contribution is 2.19. The molecule has 0 spiro atoms. The van der Waals surface area contributed by atoms with Crippen LogP contribution in [0.15, 0.2) is 30.3 Å². The Hall–Kier alpha value is -1.40. The fourth-order valence-electron chi connectivity index (χ4n) is 2.08. The van der Waals surface area contributed by atoms with E-state index >= 15 is 0 Å². The van der Waals surface area contributed by atoms with Gasteiger partial charge < -0.3 is 0 Å².